The van der Waals surface area contributed by atoms with E-state index in [1.54, 1.807) is 22.1 Å². The fraction of sp³-hybridized carbons (Fsp3) is 0.533. The van der Waals surface area contributed by atoms with Gasteiger partial charge in [-0.15, -0.1) is 11.3 Å². The fourth-order valence-corrected chi connectivity index (χ4v) is 3.51. The number of nitrogens with zero attached hydrogens (tertiary/aromatic N) is 3. The van der Waals surface area contributed by atoms with Gasteiger partial charge < -0.3 is 0 Å². The van der Waals surface area contributed by atoms with Crippen LogP contribution in [0.15, 0.2) is 16.2 Å². The van der Waals surface area contributed by atoms with Crippen LogP contribution in [-0.2, 0) is 25.8 Å². The molecule has 2 heterocycles. The summed E-state index contributed by atoms with van der Waals surface area (Å²) < 4.78 is 1.56. The molecule has 3 rings (SSSR count). The highest BCUT2D eigenvalue weighted by molar-refractivity contribution is 7.09. The second kappa shape index (κ2) is 5.87. The molecule has 0 spiro atoms. The Hall–Kier alpha value is -1.49. The smallest absolute Gasteiger partial charge is 0.267 e. The minimum Gasteiger partial charge on any atom is -0.268 e. The van der Waals surface area contributed by atoms with Gasteiger partial charge in [-0.05, 0) is 44.1 Å². The van der Waals surface area contributed by atoms with Gasteiger partial charge >= 0.3 is 0 Å². The zero-order valence-corrected chi connectivity index (χ0v) is 12.6. The lowest BCUT2D eigenvalue weighted by Crippen LogP contribution is -2.26. The average molecular weight is 289 g/mol. The van der Waals surface area contributed by atoms with E-state index in [1.807, 2.05) is 5.38 Å². The van der Waals surface area contributed by atoms with Gasteiger partial charge in [0, 0.05) is 11.4 Å². The number of hydrogen-bond donors (Lipinski definition) is 0. The first-order chi connectivity index (χ1) is 9.76. The Labute approximate surface area is 122 Å². The monoisotopic (exact) mass is 289 g/mol. The normalized spacial score (nSPS) is 14.2. The number of fused-ring (bicyclic) bond motifs is 1. The maximum atomic E-state index is 12.1. The Morgan fingerprint density at radius 3 is 3.05 bits per heavy atom. The first-order valence-electron chi connectivity index (χ1n) is 7.29. The lowest BCUT2D eigenvalue weighted by molar-refractivity contribution is 0.570. The van der Waals surface area contributed by atoms with Gasteiger partial charge in [-0.1, -0.05) is 6.92 Å². The van der Waals surface area contributed by atoms with Gasteiger partial charge in [0.05, 0.1) is 22.9 Å². The van der Waals surface area contributed by atoms with Crippen LogP contribution in [0.25, 0.3) is 0 Å². The molecule has 5 heteroatoms. The molecule has 0 saturated carbocycles. The number of rotatable bonds is 4. The Morgan fingerprint density at radius 2 is 2.20 bits per heavy atom. The maximum Gasteiger partial charge on any atom is 0.267 e. The summed E-state index contributed by atoms with van der Waals surface area (Å²) in [5.41, 5.74) is 3.18. The van der Waals surface area contributed by atoms with E-state index in [4.69, 9.17) is 0 Å². The molecular weight excluding hydrogens is 270 g/mol. The average Bonchev–Trinajstić information content (AvgIpc) is 2.87. The highest BCUT2D eigenvalue weighted by atomic mass is 32.1. The molecule has 0 unspecified atom stereocenters. The van der Waals surface area contributed by atoms with Crippen LogP contribution in [0.3, 0.4) is 0 Å². The second-order valence-electron chi connectivity index (χ2n) is 5.30. The van der Waals surface area contributed by atoms with Gasteiger partial charge in [-0.25, -0.2) is 9.67 Å². The molecule has 0 saturated heterocycles. The lowest BCUT2D eigenvalue weighted by atomic mass is 9.97. The van der Waals surface area contributed by atoms with E-state index in [2.05, 4.69) is 17.0 Å². The molecule has 2 aromatic heterocycles. The van der Waals surface area contributed by atoms with Crippen molar-refractivity contribution in [3.63, 3.8) is 0 Å². The molecule has 0 aromatic carbocycles. The molecule has 0 fully saturated rings. The molecule has 106 valence electrons. The van der Waals surface area contributed by atoms with Crippen molar-refractivity contribution in [1.29, 1.82) is 0 Å². The van der Waals surface area contributed by atoms with Crippen LogP contribution in [-0.4, -0.2) is 14.8 Å². The third-order valence-electron chi connectivity index (χ3n) is 3.65. The van der Waals surface area contributed by atoms with E-state index in [1.165, 1.54) is 12.8 Å². The van der Waals surface area contributed by atoms with Crippen molar-refractivity contribution in [1.82, 2.24) is 14.8 Å². The summed E-state index contributed by atoms with van der Waals surface area (Å²) in [6, 6.07) is 1.76. The van der Waals surface area contributed by atoms with E-state index in [9.17, 15) is 4.79 Å². The molecule has 2 aromatic rings. The predicted octanol–water partition coefficient (Wildman–Crippen LogP) is 2.58. The molecule has 20 heavy (non-hydrogen) atoms. The molecule has 1 aliphatic rings. The predicted molar refractivity (Wildman–Crippen MR) is 80.4 cm³/mol. The molecule has 4 nitrogen and oxygen atoms in total. The van der Waals surface area contributed by atoms with Crippen molar-refractivity contribution in [2.75, 3.05) is 0 Å². The third-order valence-corrected chi connectivity index (χ3v) is 4.61. The zero-order valence-electron chi connectivity index (χ0n) is 11.8. The number of aromatic nitrogens is 3. The van der Waals surface area contributed by atoms with E-state index in [-0.39, 0.29) is 5.56 Å². The summed E-state index contributed by atoms with van der Waals surface area (Å²) in [4.78, 5) is 16.7. The second-order valence-corrected chi connectivity index (χ2v) is 6.24. The van der Waals surface area contributed by atoms with Crippen molar-refractivity contribution in [2.24, 2.45) is 0 Å². The third kappa shape index (κ3) is 2.82. The molecular formula is C15H19N3OS. The minimum atomic E-state index is -0.00399. The molecule has 0 aliphatic heterocycles. The van der Waals surface area contributed by atoms with Gasteiger partial charge in [-0.2, -0.15) is 5.10 Å². The summed E-state index contributed by atoms with van der Waals surface area (Å²) in [6.07, 6.45) is 6.45. The Kier molecular flexibility index (Phi) is 3.96. The van der Waals surface area contributed by atoms with Gasteiger partial charge in [-0.3, -0.25) is 4.79 Å². The van der Waals surface area contributed by atoms with E-state index < -0.39 is 0 Å². The SMILES string of the molecule is CCCc1nc(Cn2nc3c(cc2=O)CCCC3)cs1. The van der Waals surface area contributed by atoms with Crippen LogP contribution in [0.5, 0.6) is 0 Å². The molecule has 0 N–H and O–H groups in total. The molecule has 0 amide bonds. The van der Waals surface area contributed by atoms with E-state index >= 15 is 0 Å². The first kappa shape index (κ1) is 13.5. The Morgan fingerprint density at radius 1 is 1.35 bits per heavy atom. The molecule has 0 bridgehead atoms. The standard InChI is InChI=1S/C15H19N3OS/c1-2-5-14-16-12(10-20-14)9-18-15(19)8-11-6-3-4-7-13(11)17-18/h8,10H,2-7,9H2,1H3. The van der Waals surface area contributed by atoms with Crippen LogP contribution >= 0.6 is 11.3 Å². The zero-order chi connectivity index (χ0) is 13.9. The fourth-order valence-electron chi connectivity index (χ4n) is 2.62. The van der Waals surface area contributed by atoms with Crippen molar-refractivity contribution in [3.8, 4) is 0 Å². The largest absolute Gasteiger partial charge is 0.268 e. The van der Waals surface area contributed by atoms with Crippen LogP contribution in [0.4, 0.5) is 0 Å². The highest BCUT2D eigenvalue weighted by Gasteiger charge is 2.13. The summed E-state index contributed by atoms with van der Waals surface area (Å²) >= 11 is 1.67. The van der Waals surface area contributed by atoms with Crippen molar-refractivity contribution in [2.45, 2.75) is 52.0 Å². The molecule has 0 radical (unpaired) electrons. The summed E-state index contributed by atoms with van der Waals surface area (Å²) in [5, 5.41) is 7.72. The number of thiazole rings is 1. The van der Waals surface area contributed by atoms with Gasteiger partial charge in [0.2, 0.25) is 0 Å². The van der Waals surface area contributed by atoms with Gasteiger partial charge in [0.25, 0.3) is 5.56 Å². The summed E-state index contributed by atoms with van der Waals surface area (Å²) in [6.45, 7) is 2.64. The van der Waals surface area contributed by atoms with E-state index in [0.29, 0.717) is 6.54 Å². The van der Waals surface area contributed by atoms with E-state index in [0.717, 1.165) is 47.6 Å². The summed E-state index contributed by atoms with van der Waals surface area (Å²) in [5.74, 6) is 0. The topological polar surface area (TPSA) is 47.8 Å². The quantitative estimate of drug-likeness (QED) is 0.869. The van der Waals surface area contributed by atoms with Gasteiger partial charge in [0.1, 0.15) is 0 Å². The van der Waals surface area contributed by atoms with Crippen molar-refractivity contribution in [3.05, 3.63) is 43.8 Å². The molecule has 0 atom stereocenters. The summed E-state index contributed by atoms with van der Waals surface area (Å²) in [7, 11) is 0. The lowest BCUT2D eigenvalue weighted by Gasteiger charge is -2.15. The van der Waals surface area contributed by atoms with Crippen LogP contribution < -0.4 is 5.56 Å². The Balaban J connectivity index is 1.84. The van der Waals surface area contributed by atoms with Crippen LogP contribution in [0.2, 0.25) is 0 Å². The molecule has 1 aliphatic carbocycles. The number of hydrogen-bond acceptors (Lipinski definition) is 4. The Bertz CT molecular complexity index is 659. The van der Waals surface area contributed by atoms with Crippen LogP contribution in [0, 0.1) is 0 Å². The minimum absolute atomic E-state index is 0.00399. The maximum absolute atomic E-state index is 12.1. The van der Waals surface area contributed by atoms with Crippen molar-refractivity contribution >= 4 is 11.3 Å². The van der Waals surface area contributed by atoms with Gasteiger partial charge in [0.15, 0.2) is 0 Å². The highest BCUT2D eigenvalue weighted by Crippen LogP contribution is 2.17. The van der Waals surface area contributed by atoms with Crippen LogP contribution in [0.1, 0.15) is 48.1 Å². The van der Waals surface area contributed by atoms with Crippen molar-refractivity contribution < 1.29 is 0 Å². The first-order valence-corrected chi connectivity index (χ1v) is 8.17. The number of aryl methyl sites for hydroxylation is 3.